The molecular weight excluding hydrogens is 278 g/mol. The molecule has 1 aliphatic carbocycles. The molecule has 0 fully saturated rings. The van der Waals surface area contributed by atoms with Crippen LogP contribution >= 0.6 is 0 Å². The molecule has 7 heteroatoms. The second-order valence-electron chi connectivity index (χ2n) is 5.85. The van der Waals surface area contributed by atoms with Crippen LogP contribution in [0.1, 0.15) is 34.1 Å². The number of hydrogen-bond donors (Lipinski definition) is 3. The standard InChI is InChI=1S/C14H23NO6/c1-5-20-12(18)8-6-9(11(17)10(16)7-8)15-13(19)21-14(2,3)4/h7,9-11,16-17H,5-6H2,1-4H3,(H,15,19)/t9-,10+,11-/m1/s1. The zero-order valence-electron chi connectivity index (χ0n) is 12.8. The fourth-order valence-corrected chi connectivity index (χ4v) is 1.94. The Morgan fingerprint density at radius 1 is 1.38 bits per heavy atom. The number of rotatable bonds is 3. The van der Waals surface area contributed by atoms with E-state index in [0.717, 1.165) is 0 Å². The van der Waals surface area contributed by atoms with E-state index >= 15 is 0 Å². The molecule has 7 nitrogen and oxygen atoms in total. The van der Waals surface area contributed by atoms with E-state index in [2.05, 4.69) is 5.32 Å². The van der Waals surface area contributed by atoms with Crippen LogP contribution in [-0.2, 0) is 14.3 Å². The molecule has 0 saturated heterocycles. The van der Waals surface area contributed by atoms with Gasteiger partial charge >= 0.3 is 12.1 Å². The van der Waals surface area contributed by atoms with E-state index in [-0.39, 0.29) is 18.6 Å². The first-order valence-electron chi connectivity index (χ1n) is 6.87. The Morgan fingerprint density at radius 3 is 2.52 bits per heavy atom. The summed E-state index contributed by atoms with van der Waals surface area (Å²) in [7, 11) is 0. The van der Waals surface area contributed by atoms with Crippen molar-refractivity contribution in [3.63, 3.8) is 0 Å². The molecule has 0 aromatic heterocycles. The molecule has 21 heavy (non-hydrogen) atoms. The lowest BCUT2D eigenvalue weighted by Gasteiger charge is -2.31. The topological polar surface area (TPSA) is 105 Å². The van der Waals surface area contributed by atoms with Gasteiger partial charge in [-0.25, -0.2) is 9.59 Å². The van der Waals surface area contributed by atoms with Crippen LogP contribution in [0, 0.1) is 0 Å². The maximum Gasteiger partial charge on any atom is 0.407 e. The van der Waals surface area contributed by atoms with Crippen molar-refractivity contribution in [1.82, 2.24) is 5.32 Å². The number of esters is 1. The molecule has 0 heterocycles. The third kappa shape index (κ3) is 5.35. The first-order valence-corrected chi connectivity index (χ1v) is 6.87. The Hall–Kier alpha value is -1.60. The van der Waals surface area contributed by atoms with Crippen molar-refractivity contribution < 1.29 is 29.3 Å². The Kier molecular flexibility index (Phi) is 5.74. The lowest BCUT2D eigenvalue weighted by Crippen LogP contribution is -2.52. The predicted molar refractivity (Wildman–Crippen MR) is 74.5 cm³/mol. The molecule has 120 valence electrons. The van der Waals surface area contributed by atoms with Gasteiger partial charge in [0, 0.05) is 12.0 Å². The van der Waals surface area contributed by atoms with Crippen molar-refractivity contribution >= 4 is 12.1 Å². The Morgan fingerprint density at radius 2 is 2.00 bits per heavy atom. The quantitative estimate of drug-likeness (QED) is 0.655. The highest BCUT2D eigenvalue weighted by Gasteiger charge is 2.35. The van der Waals surface area contributed by atoms with E-state index in [1.165, 1.54) is 6.08 Å². The average Bonchev–Trinajstić information content (AvgIpc) is 2.32. The number of ether oxygens (including phenoxy) is 2. The van der Waals surface area contributed by atoms with Gasteiger partial charge in [-0.15, -0.1) is 0 Å². The SMILES string of the molecule is CCOC(=O)C1=C[C@H](O)[C@H](O)[C@H](NC(=O)OC(C)(C)C)C1. The summed E-state index contributed by atoms with van der Waals surface area (Å²) in [6, 6.07) is -0.820. The fraction of sp³-hybridized carbons (Fsp3) is 0.714. The van der Waals surface area contributed by atoms with Crippen molar-refractivity contribution in [1.29, 1.82) is 0 Å². The lowest BCUT2D eigenvalue weighted by atomic mass is 9.90. The van der Waals surface area contributed by atoms with Crippen LogP contribution < -0.4 is 5.32 Å². The molecule has 0 aromatic rings. The van der Waals surface area contributed by atoms with Gasteiger partial charge in [0.05, 0.1) is 12.6 Å². The summed E-state index contributed by atoms with van der Waals surface area (Å²) in [4.78, 5) is 23.4. The number of aliphatic hydroxyl groups is 2. The number of carbonyl (C=O) groups excluding carboxylic acids is 2. The van der Waals surface area contributed by atoms with Crippen LogP contribution in [-0.4, -0.2) is 52.7 Å². The van der Waals surface area contributed by atoms with Crippen LogP contribution in [0.5, 0.6) is 0 Å². The molecule has 3 N–H and O–H groups in total. The average molecular weight is 301 g/mol. The minimum atomic E-state index is -1.25. The summed E-state index contributed by atoms with van der Waals surface area (Å²) in [5, 5.41) is 22.1. The highest BCUT2D eigenvalue weighted by molar-refractivity contribution is 5.89. The number of aliphatic hydroxyl groups excluding tert-OH is 2. The molecular formula is C14H23NO6. The summed E-state index contributed by atoms with van der Waals surface area (Å²) in [6.07, 6.45) is -1.87. The molecule has 1 rings (SSSR count). The molecule has 1 amide bonds. The van der Waals surface area contributed by atoms with Crippen LogP contribution in [0.15, 0.2) is 11.6 Å². The van der Waals surface area contributed by atoms with Gasteiger partial charge in [0.1, 0.15) is 17.8 Å². The minimum Gasteiger partial charge on any atom is -0.463 e. The zero-order valence-corrected chi connectivity index (χ0v) is 12.8. The van der Waals surface area contributed by atoms with Gasteiger partial charge in [0.2, 0.25) is 0 Å². The first-order chi connectivity index (χ1) is 9.64. The smallest absolute Gasteiger partial charge is 0.407 e. The Labute approximate surface area is 123 Å². The van der Waals surface area contributed by atoms with Crippen LogP contribution in [0.25, 0.3) is 0 Å². The maximum absolute atomic E-state index is 11.7. The number of carbonyl (C=O) groups is 2. The van der Waals surface area contributed by atoms with Crippen molar-refractivity contribution in [2.75, 3.05) is 6.61 Å². The molecule has 0 aromatic carbocycles. The summed E-state index contributed by atoms with van der Waals surface area (Å²) in [5.41, 5.74) is -0.460. The van der Waals surface area contributed by atoms with Crippen LogP contribution in [0.3, 0.4) is 0 Å². The van der Waals surface area contributed by atoms with Gasteiger partial charge in [-0.1, -0.05) is 0 Å². The Balaban J connectivity index is 2.73. The van der Waals surface area contributed by atoms with E-state index in [9.17, 15) is 19.8 Å². The van der Waals surface area contributed by atoms with Crippen molar-refractivity contribution in [3.05, 3.63) is 11.6 Å². The molecule has 3 atom stereocenters. The maximum atomic E-state index is 11.7. The first kappa shape index (κ1) is 17.5. The second kappa shape index (κ2) is 6.91. The van der Waals surface area contributed by atoms with E-state index in [4.69, 9.17) is 9.47 Å². The zero-order chi connectivity index (χ0) is 16.2. The van der Waals surface area contributed by atoms with Gasteiger partial charge in [0.15, 0.2) is 0 Å². The van der Waals surface area contributed by atoms with Gasteiger partial charge in [-0.2, -0.15) is 0 Å². The number of hydrogen-bond acceptors (Lipinski definition) is 6. The molecule has 0 bridgehead atoms. The molecule has 0 unspecified atom stereocenters. The predicted octanol–water partition coefficient (Wildman–Crippen LogP) is 0.495. The van der Waals surface area contributed by atoms with E-state index in [0.29, 0.717) is 0 Å². The van der Waals surface area contributed by atoms with Crippen molar-refractivity contribution in [2.45, 2.75) is 58.0 Å². The van der Waals surface area contributed by atoms with Crippen LogP contribution in [0.2, 0.25) is 0 Å². The normalized spacial score (nSPS) is 25.8. The van der Waals surface area contributed by atoms with E-state index in [1.807, 2.05) is 0 Å². The third-order valence-corrected chi connectivity index (χ3v) is 2.81. The summed E-state index contributed by atoms with van der Waals surface area (Å²) in [6.45, 7) is 7.01. The minimum absolute atomic E-state index is 0.0658. The highest BCUT2D eigenvalue weighted by atomic mass is 16.6. The van der Waals surface area contributed by atoms with E-state index in [1.54, 1.807) is 27.7 Å². The van der Waals surface area contributed by atoms with Crippen molar-refractivity contribution in [3.8, 4) is 0 Å². The molecule has 0 saturated carbocycles. The van der Waals surface area contributed by atoms with Gasteiger partial charge in [-0.05, 0) is 33.8 Å². The highest BCUT2D eigenvalue weighted by Crippen LogP contribution is 2.21. The summed E-state index contributed by atoms with van der Waals surface area (Å²) in [5.74, 6) is -0.570. The molecule has 0 aliphatic heterocycles. The number of alkyl carbamates (subject to hydrolysis) is 1. The monoisotopic (exact) mass is 301 g/mol. The summed E-state index contributed by atoms with van der Waals surface area (Å²) < 4.78 is 9.94. The fourth-order valence-electron chi connectivity index (χ4n) is 1.94. The third-order valence-electron chi connectivity index (χ3n) is 2.81. The second-order valence-corrected chi connectivity index (χ2v) is 5.85. The lowest BCUT2D eigenvalue weighted by molar-refractivity contribution is -0.139. The molecule has 1 aliphatic rings. The largest absolute Gasteiger partial charge is 0.463 e. The summed E-state index contributed by atoms with van der Waals surface area (Å²) >= 11 is 0. The van der Waals surface area contributed by atoms with Gasteiger partial charge in [-0.3, -0.25) is 0 Å². The number of nitrogens with one attached hydrogen (secondary N) is 1. The Bertz CT molecular complexity index is 426. The molecule has 0 radical (unpaired) electrons. The molecule has 0 spiro atoms. The van der Waals surface area contributed by atoms with Crippen LogP contribution in [0.4, 0.5) is 4.79 Å². The van der Waals surface area contributed by atoms with E-state index < -0.39 is 35.9 Å². The van der Waals surface area contributed by atoms with Gasteiger partial charge < -0.3 is 25.0 Å². The van der Waals surface area contributed by atoms with Crippen molar-refractivity contribution in [2.24, 2.45) is 0 Å². The number of amides is 1. The van der Waals surface area contributed by atoms with Gasteiger partial charge in [0.25, 0.3) is 0 Å².